The summed E-state index contributed by atoms with van der Waals surface area (Å²) >= 11 is 3.49. The van der Waals surface area contributed by atoms with Crippen LogP contribution in [-0.2, 0) is 20.8 Å². The molecule has 3 heteroatoms. The van der Waals surface area contributed by atoms with Gasteiger partial charge in [0, 0.05) is 5.97 Å². The summed E-state index contributed by atoms with van der Waals surface area (Å²) in [4.78, 5) is 8.89. The molecule has 0 saturated carbocycles. The van der Waals surface area contributed by atoms with Crippen LogP contribution < -0.4 is 5.11 Å². The van der Waals surface area contributed by atoms with E-state index >= 15 is 0 Å². The third kappa shape index (κ3) is 861000. The Morgan fingerprint density at radius 2 is 1.86 bits per heavy atom. The van der Waals surface area contributed by atoms with Crippen molar-refractivity contribution in [1.29, 1.82) is 0 Å². The van der Waals surface area contributed by atoms with Gasteiger partial charge in [-0.15, -0.1) is 0 Å². The second-order valence-electron chi connectivity index (χ2n) is 0.742. The van der Waals surface area contributed by atoms with Crippen molar-refractivity contribution >= 4 is 5.97 Å². The molecule has 0 heterocycles. The fourth-order valence-electron chi connectivity index (χ4n) is 0. The van der Waals surface area contributed by atoms with Gasteiger partial charge in [-0.1, -0.05) is 0 Å². The normalized spacial score (nSPS) is 6.14. The zero-order chi connectivity index (χ0) is 6.28. The van der Waals surface area contributed by atoms with Gasteiger partial charge in [-0.2, -0.15) is 0 Å². The molecular weight excluding hydrogens is 136 g/mol. The van der Waals surface area contributed by atoms with Crippen LogP contribution in [-0.4, -0.2) is 5.97 Å². The van der Waals surface area contributed by atoms with Gasteiger partial charge >= 0.3 is 28.3 Å². The number of hydrogen-bond donors (Lipinski definition) is 0. The Balaban J connectivity index is 0. The molecule has 0 bridgehead atoms. The van der Waals surface area contributed by atoms with Crippen LogP contribution in [0.4, 0.5) is 0 Å². The topological polar surface area (TPSA) is 40.1 Å². The molecule has 44 valence electrons. The van der Waals surface area contributed by atoms with E-state index in [-0.39, 0.29) is 0 Å². The average Bonchev–Trinajstić information content (AvgIpc) is 1.33. The predicted molar refractivity (Wildman–Crippen MR) is 21.2 cm³/mol. The van der Waals surface area contributed by atoms with Gasteiger partial charge in [0.25, 0.3) is 0 Å². The molecule has 0 aromatic carbocycles. The van der Waals surface area contributed by atoms with Crippen LogP contribution in [0.5, 0.6) is 0 Å². The number of carboxylic acid groups (broad SMARTS) is 1. The number of rotatable bonds is 0. The molecule has 0 aromatic rings. The summed E-state index contributed by atoms with van der Waals surface area (Å²) in [6.45, 7) is 2.99. The summed E-state index contributed by atoms with van der Waals surface area (Å²) in [6.07, 6.45) is 0. The molecule has 0 aliphatic rings. The fourth-order valence-corrected chi connectivity index (χ4v) is 0. The van der Waals surface area contributed by atoms with E-state index in [0.29, 0.717) is 0 Å². The molecule has 0 aliphatic heterocycles. The standard InChI is InChI=1S/C2H4O2.C2H5.Fe/c1-2(3)4;1-2;/h1H3,(H,3,4);1H2,2H3;/q;;+1/p-1. The van der Waals surface area contributed by atoms with Gasteiger partial charge in [-0.25, -0.2) is 0 Å². The maximum atomic E-state index is 8.89. The minimum absolute atomic E-state index is 0.972. The first-order chi connectivity index (χ1) is 3.15. The van der Waals surface area contributed by atoms with Crippen molar-refractivity contribution in [2.45, 2.75) is 19.2 Å². The number of hydrogen-bond acceptors (Lipinski definition) is 2. The first kappa shape index (κ1) is 10.1. The minimum atomic E-state index is -1.08. The average molecular weight is 144 g/mol. The molecule has 0 spiro atoms. The molecule has 7 heavy (non-hydrogen) atoms. The van der Waals surface area contributed by atoms with Gasteiger partial charge in [0.1, 0.15) is 0 Å². The molecule has 0 amide bonds. The fraction of sp³-hybridized carbons (Fsp3) is 0.750. The van der Waals surface area contributed by atoms with Gasteiger partial charge < -0.3 is 9.90 Å². The SMILES string of the molecule is CC(=O)[O-].C[CH2][Fe+]. The Morgan fingerprint density at radius 3 is 1.86 bits per heavy atom. The summed E-state index contributed by atoms with van der Waals surface area (Å²) in [6, 6.07) is 0. The number of carbonyl (C=O) groups excluding carboxylic acids is 1. The van der Waals surface area contributed by atoms with E-state index in [9.17, 15) is 0 Å². The Kier molecular flexibility index (Phi) is 13.5. The van der Waals surface area contributed by atoms with Crippen molar-refractivity contribution in [3.63, 3.8) is 0 Å². The van der Waals surface area contributed by atoms with Crippen LogP contribution in [0.1, 0.15) is 13.8 Å². The van der Waals surface area contributed by atoms with Gasteiger partial charge in [0.05, 0.1) is 0 Å². The molecule has 0 rings (SSSR count). The molecule has 0 unspecified atom stereocenters. The molecule has 2 nitrogen and oxygen atoms in total. The zero-order valence-electron chi connectivity index (χ0n) is 4.38. The van der Waals surface area contributed by atoms with Crippen molar-refractivity contribution in [1.82, 2.24) is 0 Å². The molecule has 0 aromatic heterocycles. The maximum absolute atomic E-state index is 8.89. The Hall–Kier alpha value is -0.0105. The van der Waals surface area contributed by atoms with Gasteiger partial charge in [-0.05, 0) is 6.92 Å². The second kappa shape index (κ2) is 9.37. The predicted octanol–water partition coefficient (Wildman–Crippen LogP) is -0.272. The van der Waals surface area contributed by atoms with Crippen molar-refractivity contribution in [3.8, 4) is 0 Å². The number of carbonyl (C=O) groups is 1. The van der Waals surface area contributed by atoms with Crippen LogP contribution in [0.25, 0.3) is 0 Å². The summed E-state index contributed by atoms with van der Waals surface area (Å²) in [5, 5.41) is 9.89. The molecule has 0 aliphatic carbocycles. The van der Waals surface area contributed by atoms with E-state index in [0.717, 1.165) is 12.2 Å². The van der Waals surface area contributed by atoms with Crippen molar-refractivity contribution in [3.05, 3.63) is 0 Å². The van der Waals surface area contributed by atoms with Gasteiger partial charge in [0.15, 0.2) is 0 Å². The summed E-state index contributed by atoms with van der Waals surface area (Å²) in [5.41, 5.74) is 0. The van der Waals surface area contributed by atoms with Gasteiger partial charge in [0.2, 0.25) is 0 Å². The summed E-state index contributed by atoms with van der Waals surface area (Å²) in [5.74, 6) is -1.08. The summed E-state index contributed by atoms with van der Waals surface area (Å²) < 4.78 is 0. The van der Waals surface area contributed by atoms with Gasteiger partial charge in [-0.3, -0.25) is 0 Å². The van der Waals surface area contributed by atoms with E-state index in [2.05, 4.69) is 16.0 Å². The Morgan fingerprint density at radius 1 is 1.86 bits per heavy atom. The Bertz CT molecular complexity index is 41.0. The third-order valence-electron chi connectivity index (χ3n) is 0. The first-order valence-corrected chi connectivity index (χ1v) is 2.65. The van der Waals surface area contributed by atoms with Crippen LogP contribution in [0.2, 0.25) is 5.32 Å². The third-order valence-corrected chi connectivity index (χ3v) is 0. The molecule has 0 saturated heterocycles. The zero-order valence-corrected chi connectivity index (χ0v) is 5.48. The Labute approximate surface area is 51.7 Å². The molecule has 0 atom stereocenters. The summed E-state index contributed by atoms with van der Waals surface area (Å²) in [7, 11) is 0. The number of carboxylic acids is 1. The van der Waals surface area contributed by atoms with Crippen LogP contribution in [0, 0.1) is 0 Å². The van der Waals surface area contributed by atoms with E-state index in [1.807, 2.05) is 6.92 Å². The molecular formula is C4H8FeO2. The van der Waals surface area contributed by atoms with E-state index in [4.69, 9.17) is 9.90 Å². The van der Waals surface area contributed by atoms with Crippen molar-refractivity contribution in [2.24, 2.45) is 0 Å². The quantitative estimate of drug-likeness (QED) is 0.439. The van der Waals surface area contributed by atoms with E-state index in [1.54, 1.807) is 0 Å². The molecule has 0 N–H and O–H groups in total. The van der Waals surface area contributed by atoms with Crippen LogP contribution in [0.15, 0.2) is 0 Å². The van der Waals surface area contributed by atoms with Crippen molar-refractivity contribution < 1.29 is 25.9 Å². The molecule has 0 radical (unpaired) electrons. The second-order valence-corrected chi connectivity index (χ2v) is 1.52. The monoisotopic (exact) mass is 144 g/mol. The van der Waals surface area contributed by atoms with Crippen LogP contribution >= 0.6 is 0 Å². The van der Waals surface area contributed by atoms with Crippen molar-refractivity contribution in [2.75, 3.05) is 0 Å². The number of aliphatic carboxylic acids is 1. The van der Waals surface area contributed by atoms with E-state index < -0.39 is 5.97 Å². The first-order valence-electron chi connectivity index (χ1n) is 1.87. The van der Waals surface area contributed by atoms with Crippen LogP contribution in [0.3, 0.4) is 0 Å². The van der Waals surface area contributed by atoms with E-state index in [1.165, 1.54) is 0 Å². The molecule has 0 fully saturated rings.